The van der Waals surface area contributed by atoms with Gasteiger partial charge in [-0.15, -0.1) is 11.3 Å². The Balaban J connectivity index is 1.38. The molecule has 3 amide bonds. The quantitative estimate of drug-likeness (QED) is 0.861. The summed E-state index contributed by atoms with van der Waals surface area (Å²) in [7, 11) is 0. The van der Waals surface area contributed by atoms with E-state index in [-0.39, 0.29) is 30.8 Å². The fraction of sp³-hybridized carbons (Fsp3) is 0.412. The van der Waals surface area contributed by atoms with Gasteiger partial charge in [-0.25, -0.2) is 4.98 Å². The van der Waals surface area contributed by atoms with E-state index in [2.05, 4.69) is 10.3 Å². The highest BCUT2D eigenvalue weighted by molar-refractivity contribution is 7.18. The zero-order valence-corrected chi connectivity index (χ0v) is 14.4. The Bertz CT molecular complexity index is 816. The van der Waals surface area contributed by atoms with Crippen molar-refractivity contribution in [2.24, 2.45) is 0 Å². The van der Waals surface area contributed by atoms with Crippen molar-refractivity contribution in [3.63, 3.8) is 0 Å². The van der Waals surface area contributed by atoms with Crippen LogP contribution in [0.4, 0.5) is 0 Å². The predicted molar refractivity (Wildman–Crippen MR) is 93.0 cm³/mol. The number of hydrogen-bond donors (Lipinski definition) is 1. The van der Waals surface area contributed by atoms with Crippen molar-refractivity contribution in [2.75, 3.05) is 26.2 Å². The van der Waals surface area contributed by atoms with Crippen molar-refractivity contribution in [2.45, 2.75) is 18.9 Å². The van der Waals surface area contributed by atoms with E-state index in [1.165, 1.54) is 0 Å². The molecule has 1 aromatic heterocycles. The van der Waals surface area contributed by atoms with Crippen molar-refractivity contribution in [1.29, 1.82) is 0 Å². The lowest BCUT2D eigenvalue weighted by Crippen LogP contribution is -2.66. The molecular weight excluding hydrogens is 340 g/mol. The highest BCUT2D eigenvalue weighted by atomic mass is 32.1. The number of benzene rings is 1. The number of fused-ring (bicyclic) bond motifs is 2. The fourth-order valence-electron chi connectivity index (χ4n) is 3.31. The van der Waals surface area contributed by atoms with Crippen LogP contribution in [0, 0.1) is 0 Å². The Hall–Kier alpha value is -2.48. The molecule has 2 saturated heterocycles. The highest BCUT2D eigenvalue weighted by Crippen LogP contribution is 2.23. The van der Waals surface area contributed by atoms with E-state index >= 15 is 0 Å². The Morgan fingerprint density at radius 3 is 2.96 bits per heavy atom. The summed E-state index contributed by atoms with van der Waals surface area (Å²) in [5, 5.41) is 3.53. The standard InChI is InChI=1S/C17H18N4O3S/c22-15(6-5-14-19-11-3-1-2-4-13(11)25-14)20-7-8-21-12(10-20)17(24)18-9-16(21)23/h1-4,12H,5-10H2,(H,18,24)/t12-/m0/s1. The second kappa shape index (κ2) is 6.44. The maximum Gasteiger partial charge on any atom is 0.245 e. The Labute approximate surface area is 148 Å². The maximum atomic E-state index is 12.5. The number of nitrogens with zero attached hydrogens (tertiary/aromatic N) is 3. The lowest BCUT2D eigenvalue weighted by molar-refractivity contribution is -0.152. The SMILES string of the molecule is O=C1NCC(=O)N2CCN(C(=O)CCc3nc4ccccc4s3)C[C@@H]12. The monoisotopic (exact) mass is 358 g/mol. The molecule has 0 bridgehead atoms. The minimum Gasteiger partial charge on any atom is -0.345 e. The van der Waals surface area contributed by atoms with Gasteiger partial charge in [0.1, 0.15) is 6.04 Å². The number of aromatic nitrogens is 1. The van der Waals surface area contributed by atoms with Gasteiger partial charge >= 0.3 is 0 Å². The number of piperazine rings is 2. The summed E-state index contributed by atoms with van der Waals surface area (Å²) >= 11 is 1.61. The first-order valence-electron chi connectivity index (χ1n) is 8.31. The third-order valence-electron chi connectivity index (χ3n) is 4.66. The molecule has 0 spiro atoms. The van der Waals surface area contributed by atoms with Crippen LogP contribution in [-0.2, 0) is 20.8 Å². The highest BCUT2D eigenvalue weighted by Gasteiger charge is 2.39. The molecule has 1 atom stereocenters. The lowest BCUT2D eigenvalue weighted by atomic mass is 10.1. The summed E-state index contributed by atoms with van der Waals surface area (Å²) in [6.45, 7) is 1.23. The molecule has 25 heavy (non-hydrogen) atoms. The van der Waals surface area contributed by atoms with Gasteiger partial charge in [0.25, 0.3) is 0 Å². The third-order valence-corrected chi connectivity index (χ3v) is 5.76. The molecule has 1 N–H and O–H groups in total. The van der Waals surface area contributed by atoms with Crippen LogP contribution in [0.2, 0.25) is 0 Å². The molecule has 0 saturated carbocycles. The van der Waals surface area contributed by atoms with Gasteiger partial charge in [0.2, 0.25) is 17.7 Å². The first-order chi connectivity index (χ1) is 12.1. The van der Waals surface area contributed by atoms with E-state index in [1.54, 1.807) is 21.1 Å². The summed E-state index contributed by atoms with van der Waals surface area (Å²) in [6, 6.07) is 7.37. The first kappa shape index (κ1) is 16.0. The van der Waals surface area contributed by atoms with Gasteiger partial charge in [0.15, 0.2) is 0 Å². The molecular formula is C17H18N4O3S. The molecule has 0 radical (unpaired) electrons. The lowest BCUT2D eigenvalue weighted by Gasteiger charge is -2.42. The smallest absolute Gasteiger partial charge is 0.245 e. The zero-order valence-electron chi connectivity index (χ0n) is 13.6. The summed E-state index contributed by atoms with van der Waals surface area (Å²) in [5.41, 5.74) is 0.959. The molecule has 1 aromatic carbocycles. The van der Waals surface area contributed by atoms with Crippen LogP contribution < -0.4 is 5.32 Å². The molecule has 2 aliphatic heterocycles. The second-order valence-corrected chi connectivity index (χ2v) is 7.35. The summed E-state index contributed by atoms with van der Waals surface area (Å²) in [6.07, 6.45) is 0.955. The number of hydrogen-bond acceptors (Lipinski definition) is 5. The summed E-state index contributed by atoms with van der Waals surface area (Å²) in [5.74, 6) is -0.251. The number of para-hydroxylation sites is 1. The van der Waals surface area contributed by atoms with Crippen molar-refractivity contribution in [1.82, 2.24) is 20.1 Å². The molecule has 7 nitrogen and oxygen atoms in total. The van der Waals surface area contributed by atoms with Gasteiger partial charge in [0, 0.05) is 25.9 Å². The summed E-state index contributed by atoms with van der Waals surface area (Å²) in [4.78, 5) is 44.1. The third kappa shape index (κ3) is 3.09. The minimum atomic E-state index is -0.554. The topological polar surface area (TPSA) is 82.6 Å². The van der Waals surface area contributed by atoms with Gasteiger partial charge < -0.3 is 15.1 Å². The van der Waals surface area contributed by atoms with Crippen molar-refractivity contribution >= 4 is 39.3 Å². The Morgan fingerprint density at radius 2 is 2.12 bits per heavy atom. The first-order valence-corrected chi connectivity index (χ1v) is 9.13. The van der Waals surface area contributed by atoms with Gasteiger partial charge in [0.05, 0.1) is 28.3 Å². The summed E-state index contributed by atoms with van der Waals surface area (Å²) < 4.78 is 1.12. The van der Waals surface area contributed by atoms with Crippen molar-refractivity contribution in [3.8, 4) is 0 Å². The van der Waals surface area contributed by atoms with E-state index in [9.17, 15) is 14.4 Å². The fourth-order valence-corrected chi connectivity index (χ4v) is 4.28. The normalized spacial score (nSPS) is 20.6. The molecule has 4 rings (SSSR count). The number of nitrogens with one attached hydrogen (secondary N) is 1. The largest absolute Gasteiger partial charge is 0.345 e. The van der Waals surface area contributed by atoms with E-state index in [4.69, 9.17) is 0 Å². The van der Waals surface area contributed by atoms with Crippen LogP contribution >= 0.6 is 11.3 Å². The Morgan fingerprint density at radius 1 is 1.28 bits per heavy atom. The molecule has 8 heteroatoms. The molecule has 0 unspecified atom stereocenters. The van der Waals surface area contributed by atoms with Gasteiger partial charge in [-0.2, -0.15) is 0 Å². The minimum absolute atomic E-state index is 0.00438. The van der Waals surface area contributed by atoms with Crippen LogP contribution in [0.1, 0.15) is 11.4 Å². The van der Waals surface area contributed by atoms with E-state index in [0.717, 1.165) is 15.2 Å². The number of carbonyl (C=O) groups excluding carboxylic acids is 3. The molecule has 130 valence electrons. The average Bonchev–Trinajstić information content (AvgIpc) is 3.05. The van der Waals surface area contributed by atoms with Gasteiger partial charge in [-0.05, 0) is 12.1 Å². The van der Waals surface area contributed by atoms with E-state index in [0.29, 0.717) is 25.9 Å². The predicted octanol–water partition coefficient (Wildman–Crippen LogP) is 0.398. The Kier molecular flexibility index (Phi) is 4.12. The van der Waals surface area contributed by atoms with Crippen LogP contribution in [0.25, 0.3) is 10.2 Å². The number of carbonyl (C=O) groups is 3. The van der Waals surface area contributed by atoms with Crippen LogP contribution in [0.5, 0.6) is 0 Å². The number of aryl methyl sites for hydroxylation is 1. The van der Waals surface area contributed by atoms with Crippen LogP contribution in [-0.4, -0.2) is 64.7 Å². The number of amides is 3. The number of rotatable bonds is 3. The van der Waals surface area contributed by atoms with E-state index < -0.39 is 6.04 Å². The maximum absolute atomic E-state index is 12.5. The molecule has 3 heterocycles. The van der Waals surface area contributed by atoms with Crippen LogP contribution in [0.3, 0.4) is 0 Å². The molecule has 2 fully saturated rings. The second-order valence-electron chi connectivity index (χ2n) is 6.24. The van der Waals surface area contributed by atoms with Gasteiger partial charge in [-0.1, -0.05) is 12.1 Å². The zero-order chi connectivity index (χ0) is 17.4. The van der Waals surface area contributed by atoms with Crippen molar-refractivity contribution in [3.05, 3.63) is 29.3 Å². The number of thiazole rings is 1. The average molecular weight is 358 g/mol. The van der Waals surface area contributed by atoms with Crippen LogP contribution in [0.15, 0.2) is 24.3 Å². The molecule has 2 aromatic rings. The molecule has 0 aliphatic carbocycles. The van der Waals surface area contributed by atoms with Gasteiger partial charge in [-0.3, -0.25) is 14.4 Å². The molecule has 2 aliphatic rings. The van der Waals surface area contributed by atoms with Crippen molar-refractivity contribution < 1.29 is 14.4 Å². The van der Waals surface area contributed by atoms with E-state index in [1.807, 2.05) is 24.3 Å².